The third kappa shape index (κ3) is 2.68. The van der Waals surface area contributed by atoms with Gasteiger partial charge in [0.05, 0.1) is 6.04 Å². The molecule has 0 saturated carbocycles. The molecule has 1 amide bonds. The molecule has 1 unspecified atom stereocenters. The molecule has 1 spiro atoms. The lowest BCUT2D eigenvalue weighted by Gasteiger charge is -2.59. The molecule has 4 rings (SSSR count). The standard InChI is InChI=1S/C20H22N2O3/c1-14-11-16(23)17(21-12-14)19(24)22-13-20(7-9-25-10-8-20)18(22)15-5-3-2-4-6-15/h2-6,11-12,18,23H,7-10,13H2,1H3. The number of hydrogen-bond acceptors (Lipinski definition) is 4. The third-order valence-corrected chi connectivity index (χ3v) is 5.45. The van der Waals surface area contributed by atoms with Gasteiger partial charge in [-0.3, -0.25) is 4.79 Å². The lowest BCUT2D eigenvalue weighted by molar-refractivity contribution is -0.115. The molecule has 0 radical (unpaired) electrons. The predicted octanol–water partition coefficient (Wildman–Crippen LogP) is 3.09. The molecule has 25 heavy (non-hydrogen) atoms. The maximum atomic E-state index is 13.0. The van der Waals surface area contributed by atoms with E-state index in [0.717, 1.165) is 37.2 Å². The van der Waals surface area contributed by atoms with Gasteiger partial charge in [0.2, 0.25) is 0 Å². The van der Waals surface area contributed by atoms with Crippen molar-refractivity contribution in [1.82, 2.24) is 9.88 Å². The Balaban J connectivity index is 1.68. The lowest BCUT2D eigenvalue weighted by Crippen LogP contribution is -2.62. The van der Waals surface area contributed by atoms with Gasteiger partial charge in [-0.25, -0.2) is 4.98 Å². The molecule has 1 aromatic carbocycles. The van der Waals surface area contributed by atoms with Crippen LogP contribution in [0.5, 0.6) is 5.75 Å². The van der Waals surface area contributed by atoms with Crippen molar-refractivity contribution in [2.75, 3.05) is 19.8 Å². The molecule has 130 valence electrons. The van der Waals surface area contributed by atoms with Crippen LogP contribution >= 0.6 is 0 Å². The van der Waals surface area contributed by atoms with Crippen molar-refractivity contribution < 1.29 is 14.6 Å². The van der Waals surface area contributed by atoms with E-state index >= 15 is 0 Å². The van der Waals surface area contributed by atoms with Crippen LogP contribution in [0.3, 0.4) is 0 Å². The Labute approximate surface area is 147 Å². The lowest BCUT2D eigenvalue weighted by atomic mass is 9.64. The van der Waals surface area contributed by atoms with Crippen LogP contribution in [0.2, 0.25) is 0 Å². The number of carbonyl (C=O) groups excluding carboxylic acids is 1. The van der Waals surface area contributed by atoms with Crippen molar-refractivity contribution in [3.8, 4) is 5.75 Å². The van der Waals surface area contributed by atoms with Crippen LogP contribution in [0, 0.1) is 12.3 Å². The van der Waals surface area contributed by atoms with Crippen molar-refractivity contribution in [2.45, 2.75) is 25.8 Å². The Morgan fingerprint density at radius 3 is 2.68 bits per heavy atom. The van der Waals surface area contributed by atoms with E-state index in [0.29, 0.717) is 6.54 Å². The van der Waals surface area contributed by atoms with E-state index in [4.69, 9.17) is 4.74 Å². The predicted molar refractivity (Wildman–Crippen MR) is 93.3 cm³/mol. The van der Waals surface area contributed by atoms with E-state index in [1.807, 2.05) is 30.0 Å². The molecule has 5 heteroatoms. The first-order valence-electron chi connectivity index (χ1n) is 8.70. The van der Waals surface area contributed by atoms with Crippen LogP contribution < -0.4 is 0 Å². The van der Waals surface area contributed by atoms with Gasteiger partial charge in [-0.05, 0) is 37.0 Å². The van der Waals surface area contributed by atoms with Crippen molar-refractivity contribution in [2.24, 2.45) is 5.41 Å². The zero-order valence-corrected chi connectivity index (χ0v) is 14.3. The quantitative estimate of drug-likeness (QED) is 0.914. The number of nitrogens with zero attached hydrogens (tertiary/aromatic N) is 2. The summed E-state index contributed by atoms with van der Waals surface area (Å²) in [5, 5.41) is 10.2. The summed E-state index contributed by atoms with van der Waals surface area (Å²) in [5.74, 6) is -0.256. The van der Waals surface area contributed by atoms with Gasteiger partial charge < -0.3 is 14.7 Å². The van der Waals surface area contributed by atoms with E-state index in [9.17, 15) is 9.90 Å². The van der Waals surface area contributed by atoms with Crippen molar-refractivity contribution in [3.05, 3.63) is 59.4 Å². The minimum Gasteiger partial charge on any atom is -0.505 e. The van der Waals surface area contributed by atoms with E-state index in [-0.39, 0.29) is 28.8 Å². The zero-order valence-electron chi connectivity index (χ0n) is 14.3. The maximum absolute atomic E-state index is 13.0. The van der Waals surface area contributed by atoms with Gasteiger partial charge >= 0.3 is 0 Å². The number of aryl methyl sites for hydroxylation is 1. The van der Waals surface area contributed by atoms with E-state index < -0.39 is 0 Å². The van der Waals surface area contributed by atoms with Gasteiger partial charge in [0.15, 0.2) is 5.69 Å². The fourth-order valence-electron chi connectivity index (χ4n) is 4.16. The summed E-state index contributed by atoms with van der Waals surface area (Å²) in [6.45, 7) is 4.00. The van der Waals surface area contributed by atoms with Gasteiger partial charge in [0.1, 0.15) is 5.75 Å². The zero-order chi connectivity index (χ0) is 17.4. The topological polar surface area (TPSA) is 62.7 Å². The molecular weight excluding hydrogens is 316 g/mol. The molecule has 5 nitrogen and oxygen atoms in total. The molecule has 0 aliphatic carbocycles. The number of ether oxygens (including phenoxy) is 1. The molecule has 1 aromatic heterocycles. The summed E-state index contributed by atoms with van der Waals surface area (Å²) in [6.07, 6.45) is 3.52. The second-order valence-electron chi connectivity index (χ2n) is 7.10. The van der Waals surface area contributed by atoms with E-state index in [1.54, 1.807) is 12.3 Å². The SMILES string of the molecule is Cc1cnc(C(=O)N2CC3(CCOCC3)C2c2ccccc2)c(O)c1. The van der Waals surface area contributed by atoms with Crippen LogP contribution in [-0.4, -0.2) is 40.7 Å². The van der Waals surface area contributed by atoms with Gasteiger partial charge in [0.25, 0.3) is 5.91 Å². The van der Waals surface area contributed by atoms with Crippen molar-refractivity contribution in [3.63, 3.8) is 0 Å². The highest BCUT2D eigenvalue weighted by Gasteiger charge is 2.55. The number of benzene rings is 1. The molecule has 1 N–H and O–H groups in total. The fourth-order valence-corrected chi connectivity index (χ4v) is 4.16. The maximum Gasteiger partial charge on any atom is 0.276 e. The summed E-state index contributed by atoms with van der Waals surface area (Å²) in [7, 11) is 0. The summed E-state index contributed by atoms with van der Waals surface area (Å²) in [5.41, 5.74) is 2.16. The minimum atomic E-state index is -0.205. The summed E-state index contributed by atoms with van der Waals surface area (Å²) in [4.78, 5) is 19.1. The molecular formula is C20H22N2O3. The molecule has 2 aromatic rings. The Kier molecular flexibility index (Phi) is 3.96. The second kappa shape index (κ2) is 6.15. The van der Waals surface area contributed by atoms with Gasteiger partial charge in [-0.2, -0.15) is 0 Å². The molecule has 2 fully saturated rings. The van der Waals surface area contributed by atoms with E-state index in [2.05, 4.69) is 17.1 Å². The smallest absolute Gasteiger partial charge is 0.276 e. The second-order valence-corrected chi connectivity index (χ2v) is 7.10. The molecule has 0 bridgehead atoms. The Morgan fingerprint density at radius 1 is 1.28 bits per heavy atom. The van der Waals surface area contributed by atoms with Crippen LogP contribution in [-0.2, 0) is 4.74 Å². The highest BCUT2D eigenvalue weighted by atomic mass is 16.5. The normalized spacial score (nSPS) is 21.8. The number of aromatic nitrogens is 1. The number of likely N-dealkylation sites (tertiary alicyclic amines) is 1. The fraction of sp³-hybridized carbons (Fsp3) is 0.400. The van der Waals surface area contributed by atoms with Gasteiger partial charge in [-0.1, -0.05) is 30.3 Å². The number of aromatic hydroxyl groups is 1. The van der Waals surface area contributed by atoms with Crippen molar-refractivity contribution in [1.29, 1.82) is 0 Å². The van der Waals surface area contributed by atoms with Gasteiger partial charge in [-0.15, -0.1) is 0 Å². The average molecular weight is 338 g/mol. The van der Waals surface area contributed by atoms with Crippen LogP contribution in [0.25, 0.3) is 0 Å². The molecule has 2 saturated heterocycles. The number of carbonyl (C=O) groups is 1. The third-order valence-electron chi connectivity index (χ3n) is 5.45. The first kappa shape index (κ1) is 16.1. The number of pyridine rings is 1. The van der Waals surface area contributed by atoms with Crippen molar-refractivity contribution >= 4 is 5.91 Å². The Bertz CT molecular complexity index is 785. The molecule has 3 heterocycles. The first-order chi connectivity index (χ1) is 12.1. The van der Waals surface area contributed by atoms with Crippen LogP contribution in [0.15, 0.2) is 42.6 Å². The average Bonchev–Trinajstić information content (AvgIpc) is 2.61. The van der Waals surface area contributed by atoms with Crippen LogP contribution in [0.4, 0.5) is 0 Å². The molecule has 2 aliphatic rings. The number of rotatable bonds is 2. The number of hydrogen-bond donors (Lipinski definition) is 1. The van der Waals surface area contributed by atoms with Gasteiger partial charge in [0, 0.05) is 31.4 Å². The molecule has 2 aliphatic heterocycles. The highest BCUT2D eigenvalue weighted by Crippen LogP contribution is 2.55. The highest BCUT2D eigenvalue weighted by molar-refractivity contribution is 5.96. The summed E-state index contributed by atoms with van der Waals surface area (Å²) < 4.78 is 5.54. The minimum absolute atomic E-state index is 0.00704. The Morgan fingerprint density at radius 2 is 2.00 bits per heavy atom. The molecule has 1 atom stereocenters. The summed E-state index contributed by atoms with van der Waals surface area (Å²) in [6, 6.07) is 11.7. The monoisotopic (exact) mass is 338 g/mol. The van der Waals surface area contributed by atoms with Crippen LogP contribution in [0.1, 0.15) is 40.5 Å². The Hall–Kier alpha value is -2.40. The first-order valence-corrected chi connectivity index (χ1v) is 8.70. The summed E-state index contributed by atoms with van der Waals surface area (Å²) >= 11 is 0. The van der Waals surface area contributed by atoms with E-state index in [1.165, 1.54) is 0 Å². The largest absolute Gasteiger partial charge is 0.505 e. The number of amides is 1.